The summed E-state index contributed by atoms with van der Waals surface area (Å²) in [5, 5.41) is 2.74. The fourth-order valence-electron chi connectivity index (χ4n) is 2.93. The number of nitrogens with one attached hydrogen (secondary N) is 1. The third kappa shape index (κ3) is 6.02. The molecule has 3 aromatic carbocycles. The van der Waals surface area contributed by atoms with Crippen molar-refractivity contribution < 1.29 is 23.9 Å². The van der Waals surface area contributed by atoms with Crippen LogP contribution < -0.4 is 10.1 Å². The van der Waals surface area contributed by atoms with Crippen molar-refractivity contribution in [1.82, 2.24) is 0 Å². The molecule has 0 fully saturated rings. The van der Waals surface area contributed by atoms with E-state index in [1.165, 1.54) is 13.8 Å². The molecule has 0 saturated heterocycles. The molecule has 158 valence electrons. The Labute approximate surface area is 180 Å². The summed E-state index contributed by atoms with van der Waals surface area (Å²) in [4.78, 5) is 35.7. The Bertz CT molecular complexity index is 1090. The van der Waals surface area contributed by atoms with Crippen LogP contribution in [-0.4, -0.2) is 23.9 Å². The normalized spacial score (nSPS) is 11.3. The van der Waals surface area contributed by atoms with Gasteiger partial charge in [0.2, 0.25) is 0 Å². The summed E-state index contributed by atoms with van der Waals surface area (Å²) in [5.74, 6) is -0.890. The number of rotatable bonds is 6. The monoisotopic (exact) mass is 417 g/mol. The van der Waals surface area contributed by atoms with Crippen molar-refractivity contribution in [3.8, 4) is 16.9 Å². The molecule has 0 spiro atoms. The maximum atomic E-state index is 12.4. The van der Waals surface area contributed by atoms with Crippen LogP contribution in [0, 0.1) is 6.92 Å². The molecule has 0 unspecified atom stereocenters. The maximum Gasteiger partial charge on any atom is 0.338 e. The van der Waals surface area contributed by atoms with Gasteiger partial charge in [-0.25, -0.2) is 4.79 Å². The van der Waals surface area contributed by atoms with Crippen LogP contribution >= 0.6 is 0 Å². The van der Waals surface area contributed by atoms with Gasteiger partial charge in [-0.1, -0.05) is 36.4 Å². The summed E-state index contributed by atoms with van der Waals surface area (Å²) in [6, 6.07) is 21.3. The fourth-order valence-corrected chi connectivity index (χ4v) is 2.93. The molecular formula is C25H23NO5. The van der Waals surface area contributed by atoms with E-state index < -0.39 is 18.0 Å². The molecular weight excluding hydrogens is 394 g/mol. The predicted octanol–water partition coefficient (Wildman–Crippen LogP) is 4.77. The summed E-state index contributed by atoms with van der Waals surface area (Å²) in [5.41, 5.74) is 3.80. The first-order valence-corrected chi connectivity index (χ1v) is 9.79. The minimum atomic E-state index is -0.943. The summed E-state index contributed by atoms with van der Waals surface area (Å²) in [6.07, 6.45) is -0.943. The molecule has 1 atom stereocenters. The van der Waals surface area contributed by atoms with Gasteiger partial charge in [-0.15, -0.1) is 0 Å². The van der Waals surface area contributed by atoms with Crippen molar-refractivity contribution in [2.24, 2.45) is 0 Å². The number of hydrogen-bond donors (Lipinski definition) is 1. The Balaban J connectivity index is 1.60. The molecule has 6 heteroatoms. The van der Waals surface area contributed by atoms with Crippen LogP contribution in [0.2, 0.25) is 0 Å². The Morgan fingerprint density at radius 1 is 0.871 bits per heavy atom. The van der Waals surface area contributed by atoms with E-state index in [9.17, 15) is 14.4 Å². The fraction of sp³-hybridized carbons (Fsp3) is 0.160. The molecule has 0 aromatic heterocycles. The quantitative estimate of drug-likeness (QED) is 0.461. The zero-order valence-electron chi connectivity index (χ0n) is 17.5. The minimum absolute atomic E-state index is 0.343. The molecule has 1 N–H and O–H groups in total. The predicted molar refractivity (Wildman–Crippen MR) is 118 cm³/mol. The molecule has 0 bridgehead atoms. The second-order valence-electron chi connectivity index (χ2n) is 7.10. The highest BCUT2D eigenvalue weighted by atomic mass is 16.5. The van der Waals surface area contributed by atoms with Gasteiger partial charge in [0.25, 0.3) is 5.91 Å². The highest BCUT2D eigenvalue weighted by Gasteiger charge is 2.19. The van der Waals surface area contributed by atoms with Crippen molar-refractivity contribution in [3.05, 3.63) is 83.9 Å². The van der Waals surface area contributed by atoms with Gasteiger partial charge in [0.1, 0.15) is 5.75 Å². The molecule has 0 heterocycles. The zero-order chi connectivity index (χ0) is 22.4. The number of amides is 1. The number of anilines is 1. The summed E-state index contributed by atoms with van der Waals surface area (Å²) < 4.78 is 10.3. The van der Waals surface area contributed by atoms with E-state index in [2.05, 4.69) is 5.32 Å². The number of esters is 2. The molecule has 0 aliphatic heterocycles. The molecule has 0 saturated carbocycles. The second-order valence-corrected chi connectivity index (χ2v) is 7.10. The highest BCUT2D eigenvalue weighted by Crippen LogP contribution is 2.23. The number of ether oxygens (including phenoxy) is 2. The van der Waals surface area contributed by atoms with E-state index in [1.54, 1.807) is 42.5 Å². The number of aryl methyl sites for hydroxylation is 1. The van der Waals surface area contributed by atoms with E-state index in [4.69, 9.17) is 9.47 Å². The lowest BCUT2D eigenvalue weighted by molar-refractivity contribution is -0.131. The maximum absolute atomic E-state index is 12.4. The minimum Gasteiger partial charge on any atom is -0.449 e. The Hall–Kier alpha value is -3.93. The molecule has 31 heavy (non-hydrogen) atoms. The first-order chi connectivity index (χ1) is 14.8. The van der Waals surface area contributed by atoms with Crippen LogP contribution in [0.15, 0.2) is 72.8 Å². The van der Waals surface area contributed by atoms with Gasteiger partial charge in [-0.05, 0) is 66.9 Å². The average Bonchev–Trinajstić information content (AvgIpc) is 2.74. The molecule has 3 aromatic rings. The number of hydrogen-bond acceptors (Lipinski definition) is 5. The smallest absolute Gasteiger partial charge is 0.338 e. The lowest BCUT2D eigenvalue weighted by Crippen LogP contribution is -2.30. The largest absolute Gasteiger partial charge is 0.449 e. The van der Waals surface area contributed by atoms with E-state index in [0.717, 1.165) is 16.7 Å². The van der Waals surface area contributed by atoms with Crippen molar-refractivity contribution in [2.75, 3.05) is 5.32 Å². The van der Waals surface area contributed by atoms with Crippen LogP contribution in [0.5, 0.6) is 5.75 Å². The topological polar surface area (TPSA) is 81.7 Å². The van der Waals surface area contributed by atoms with Crippen molar-refractivity contribution in [1.29, 1.82) is 0 Å². The average molecular weight is 417 g/mol. The molecule has 0 aliphatic rings. The molecule has 6 nitrogen and oxygen atoms in total. The number of benzene rings is 3. The van der Waals surface area contributed by atoms with E-state index >= 15 is 0 Å². The van der Waals surface area contributed by atoms with Crippen molar-refractivity contribution in [2.45, 2.75) is 26.9 Å². The van der Waals surface area contributed by atoms with Crippen LogP contribution in [0.1, 0.15) is 29.8 Å². The van der Waals surface area contributed by atoms with Crippen LogP contribution in [0.25, 0.3) is 11.1 Å². The van der Waals surface area contributed by atoms with Gasteiger partial charge in [0.05, 0.1) is 5.56 Å². The summed E-state index contributed by atoms with van der Waals surface area (Å²) >= 11 is 0. The molecule has 0 radical (unpaired) electrons. The summed E-state index contributed by atoms with van der Waals surface area (Å²) in [6.45, 7) is 4.80. The Morgan fingerprint density at radius 2 is 1.48 bits per heavy atom. The standard InChI is InChI=1S/C25H23NO5/c1-16-5-4-6-22(15-16)26-24(28)17(2)30-25(29)21-9-7-19(8-10-21)20-11-13-23(14-12-20)31-18(3)27/h4-15,17H,1-3H3,(H,26,28)/t17-/m0/s1. The van der Waals surface area contributed by atoms with Crippen LogP contribution in [0.4, 0.5) is 5.69 Å². The molecule has 3 rings (SSSR count). The van der Waals surface area contributed by atoms with E-state index in [-0.39, 0.29) is 5.97 Å². The molecule has 0 aliphatic carbocycles. The lowest BCUT2D eigenvalue weighted by atomic mass is 10.0. The van der Waals surface area contributed by atoms with Gasteiger partial charge in [0.15, 0.2) is 6.10 Å². The number of carbonyl (C=O) groups is 3. The first kappa shape index (κ1) is 21.8. The lowest BCUT2D eigenvalue weighted by Gasteiger charge is -2.14. The third-order valence-corrected chi connectivity index (χ3v) is 4.51. The van der Waals surface area contributed by atoms with Gasteiger partial charge in [-0.3, -0.25) is 9.59 Å². The van der Waals surface area contributed by atoms with Gasteiger partial charge in [-0.2, -0.15) is 0 Å². The Morgan fingerprint density at radius 3 is 2.06 bits per heavy atom. The van der Waals surface area contributed by atoms with E-state index in [1.807, 2.05) is 37.3 Å². The Kier molecular flexibility index (Phi) is 6.82. The van der Waals surface area contributed by atoms with Crippen molar-refractivity contribution >= 4 is 23.5 Å². The highest BCUT2D eigenvalue weighted by molar-refractivity contribution is 5.97. The van der Waals surface area contributed by atoms with Crippen molar-refractivity contribution in [3.63, 3.8) is 0 Å². The van der Waals surface area contributed by atoms with Gasteiger partial charge in [0, 0.05) is 12.6 Å². The second kappa shape index (κ2) is 9.71. The first-order valence-electron chi connectivity index (χ1n) is 9.79. The third-order valence-electron chi connectivity index (χ3n) is 4.51. The SMILES string of the molecule is CC(=O)Oc1ccc(-c2ccc(C(=O)O[C@@H](C)C(=O)Nc3cccc(C)c3)cc2)cc1. The van der Waals surface area contributed by atoms with Crippen LogP contribution in [0.3, 0.4) is 0 Å². The van der Waals surface area contributed by atoms with Gasteiger partial charge < -0.3 is 14.8 Å². The number of carbonyl (C=O) groups excluding carboxylic acids is 3. The molecule has 1 amide bonds. The zero-order valence-corrected chi connectivity index (χ0v) is 17.5. The summed E-state index contributed by atoms with van der Waals surface area (Å²) in [7, 11) is 0. The van der Waals surface area contributed by atoms with Gasteiger partial charge >= 0.3 is 11.9 Å². The van der Waals surface area contributed by atoms with Crippen LogP contribution in [-0.2, 0) is 14.3 Å². The van der Waals surface area contributed by atoms with E-state index in [0.29, 0.717) is 17.0 Å².